The predicted molar refractivity (Wildman–Crippen MR) is 96.5 cm³/mol. The highest BCUT2D eigenvalue weighted by molar-refractivity contribution is 6.20. The number of hydrogen-bond acceptors (Lipinski definition) is 9. The van der Waals surface area contributed by atoms with Crippen molar-refractivity contribution in [1.82, 2.24) is 30.3 Å². The molecule has 4 heterocycles. The third-order valence-electron chi connectivity index (χ3n) is 5.15. The van der Waals surface area contributed by atoms with E-state index in [2.05, 4.69) is 20.6 Å². The Balaban J connectivity index is 1.23. The molecule has 0 N–H and O–H groups in total. The molecule has 2 amide bonds. The first-order chi connectivity index (χ1) is 14.1. The molecule has 11 heteroatoms. The van der Waals surface area contributed by atoms with Gasteiger partial charge in [-0.2, -0.15) is 0 Å². The molecule has 2 aromatic heterocycles. The second-order valence-corrected chi connectivity index (χ2v) is 6.84. The monoisotopic (exact) mass is 393 g/mol. The molecule has 3 aromatic rings. The number of fused-ring (bicyclic) bond motifs is 2. The third-order valence-corrected chi connectivity index (χ3v) is 5.15. The van der Waals surface area contributed by atoms with Gasteiger partial charge >= 0.3 is 5.97 Å². The van der Waals surface area contributed by atoms with Gasteiger partial charge in [0, 0.05) is 13.1 Å². The summed E-state index contributed by atoms with van der Waals surface area (Å²) in [5, 5.41) is 16.1. The summed E-state index contributed by atoms with van der Waals surface area (Å²) in [6.07, 6.45) is 1.02. The molecule has 1 aromatic carbocycles. The van der Waals surface area contributed by atoms with Crippen molar-refractivity contribution < 1.29 is 19.2 Å². The fraction of sp³-hybridized carbons (Fsp3) is 0.278. The van der Waals surface area contributed by atoms with Crippen LogP contribution < -0.4 is 4.90 Å². The molecule has 0 radical (unpaired) electrons. The standard InChI is InChI=1S/C18H15N7O4/c26-16-12-3-1-2-4-13(12)17(27)24(16)29-18(28)11-7-9-23(10-8-11)15-6-5-14-19-21-22-25(14)20-15/h1-6,11H,7-10H2. The highest BCUT2D eigenvalue weighted by Crippen LogP contribution is 2.26. The largest absolute Gasteiger partial charge is 0.355 e. The summed E-state index contributed by atoms with van der Waals surface area (Å²) in [5.74, 6) is -1.52. The third kappa shape index (κ3) is 2.87. The van der Waals surface area contributed by atoms with Gasteiger partial charge in [0.25, 0.3) is 11.8 Å². The number of amides is 2. The van der Waals surface area contributed by atoms with Gasteiger partial charge in [-0.15, -0.1) is 14.8 Å². The van der Waals surface area contributed by atoms with E-state index in [4.69, 9.17) is 4.84 Å². The van der Waals surface area contributed by atoms with Crippen molar-refractivity contribution >= 4 is 29.2 Å². The van der Waals surface area contributed by atoms with Crippen LogP contribution in [-0.2, 0) is 9.63 Å². The number of hydroxylamine groups is 2. The van der Waals surface area contributed by atoms with Gasteiger partial charge in [-0.3, -0.25) is 9.59 Å². The fourth-order valence-corrected chi connectivity index (χ4v) is 3.57. The van der Waals surface area contributed by atoms with Gasteiger partial charge in [0.05, 0.1) is 17.0 Å². The minimum Gasteiger partial charge on any atom is -0.355 e. The molecule has 1 fully saturated rings. The van der Waals surface area contributed by atoms with Crippen molar-refractivity contribution in [3.63, 3.8) is 0 Å². The molecule has 0 unspecified atom stereocenters. The number of imide groups is 1. The number of nitrogens with zero attached hydrogens (tertiary/aromatic N) is 7. The van der Waals surface area contributed by atoms with Crippen molar-refractivity contribution in [2.75, 3.05) is 18.0 Å². The summed E-state index contributed by atoms with van der Waals surface area (Å²) < 4.78 is 1.35. The first-order valence-electron chi connectivity index (χ1n) is 9.12. The maximum absolute atomic E-state index is 12.5. The Labute approximate surface area is 163 Å². The van der Waals surface area contributed by atoms with Gasteiger partial charge in [-0.05, 0) is 47.5 Å². The van der Waals surface area contributed by atoms with Crippen LogP contribution >= 0.6 is 0 Å². The van der Waals surface area contributed by atoms with Crippen LogP contribution in [0.5, 0.6) is 0 Å². The molecule has 0 saturated carbocycles. The van der Waals surface area contributed by atoms with Crippen LogP contribution in [0.1, 0.15) is 33.6 Å². The van der Waals surface area contributed by atoms with Gasteiger partial charge in [-0.25, -0.2) is 4.79 Å². The van der Waals surface area contributed by atoms with Crippen molar-refractivity contribution in [3.8, 4) is 0 Å². The zero-order chi connectivity index (χ0) is 20.0. The van der Waals surface area contributed by atoms with Crippen LogP contribution in [0.15, 0.2) is 36.4 Å². The van der Waals surface area contributed by atoms with Crippen molar-refractivity contribution in [1.29, 1.82) is 0 Å². The average Bonchev–Trinajstić information content (AvgIpc) is 3.32. The Morgan fingerprint density at radius 2 is 1.69 bits per heavy atom. The van der Waals surface area contributed by atoms with Crippen LogP contribution in [-0.4, -0.2) is 61.2 Å². The topological polar surface area (TPSA) is 123 Å². The van der Waals surface area contributed by atoms with E-state index in [1.165, 1.54) is 16.8 Å². The van der Waals surface area contributed by atoms with E-state index < -0.39 is 23.7 Å². The Hall–Kier alpha value is -3.89. The molecule has 1 saturated heterocycles. The summed E-state index contributed by atoms with van der Waals surface area (Å²) in [4.78, 5) is 44.4. The molecule has 2 aliphatic heterocycles. The summed E-state index contributed by atoms with van der Waals surface area (Å²) in [6, 6.07) is 9.98. The molecule has 0 bridgehead atoms. The van der Waals surface area contributed by atoms with Crippen molar-refractivity contribution in [3.05, 3.63) is 47.5 Å². The van der Waals surface area contributed by atoms with E-state index in [0.29, 0.717) is 42.5 Å². The summed E-state index contributed by atoms with van der Waals surface area (Å²) >= 11 is 0. The second kappa shape index (κ2) is 6.62. The lowest BCUT2D eigenvalue weighted by Gasteiger charge is -2.31. The normalized spacial score (nSPS) is 17.1. The number of rotatable bonds is 3. The van der Waals surface area contributed by atoms with Gasteiger partial charge in [0.1, 0.15) is 0 Å². The Morgan fingerprint density at radius 1 is 1.00 bits per heavy atom. The Bertz CT molecular complexity index is 1100. The zero-order valence-electron chi connectivity index (χ0n) is 15.1. The number of tetrazole rings is 1. The maximum Gasteiger partial charge on any atom is 0.336 e. The molecule has 11 nitrogen and oxygen atoms in total. The van der Waals surface area contributed by atoms with E-state index in [9.17, 15) is 14.4 Å². The van der Waals surface area contributed by atoms with E-state index >= 15 is 0 Å². The van der Waals surface area contributed by atoms with Crippen LogP contribution in [0.3, 0.4) is 0 Å². The first-order valence-corrected chi connectivity index (χ1v) is 9.12. The summed E-state index contributed by atoms with van der Waals surface area (Å²) in [6.45, 7) is 1.14. The van der Waals surface area contributed by atoms with E-state index in [0.717, 1.165) is 0 Å². The molecule has 146 valence electrons. The van der Waals surface area contributed by atoms with E-state index in [-0.39, 0.29) is 11.1 Å². The molecular formula is C18H15N7O4. The highest BCUT2D eigenvalue weighted by Gasteiger charge is 2.40. The first kappa shape index (κ1) is 17.2. The van der Waals surface area contributed by atoms with E-state index in [1.807, 2.05) is 11.0 Å². The predicted octanol–water partition coefficient (Wildman–Crippen LogP) is 0.490. The van der Waals surface area contributed by atoms with Crippen molar-refractivity contribution in [2.45, 2.75) is 12.8 Å². The number of benzene rings is 1. The van der Waals surface area contributed by atoms with Crippen molar-refractivity contribution in [2.24, 2.45) is 5.92 Å². The summed E-state index contributed by atoms with van der Waals surface area (Å²) in [7, 11) is 0. The van der Waals surface area contributed by atoms with Crippen LogP contribution in [0.2, 0.25) is 0 Å². The quantitative estimate of drug-likeness (QED) is 0.585. The maximum atomic E-state index is 12.5. The molecule has 5 rings (SSSR count). The van der Waals surface area contributed by atoms with Gasteiger partial charge in [0.2, 0.25) is 0 Å². The Kier molecular flexibility index (Phi) is 3.93. The number of hydrogen-bond donors (Lipinski definition) is 0. The lowest BCUT2D eigenvalue weighted by molar-refractivity contribution is -0.174. The van der Waals surface area contributed by atoms with Gasteiger partial charge in [0.15, 0.2) is 11.5 Å². The molecular weight excluding hydrogens is 378 g/mol. The molecule has 0 aliphatic carbocycles. The molecule has 0 atom stereocenters. The van der Waals surface area contributed by atoms with Gasteiger partial charge in [-0.1, -0.05) is 17.2 Å². The smallest absolute Gasteiger partial charge is 0.336 e. The van der Waals surface area contributed by atoms with Crippen LogP contribution in [0, 0.1) is 5.92 Å². The lowest BCUT2D eigenvalue weighted by atomic mass is 9.97. The SMILES string of the molecule is O=C(ON1C(=O)c2ccccc2C1=O)C1CCN(c2ccc3nnnn3n2)CC1. The number of carbonyl (C=O) groups excluding carboxylic acids is 3. The average molecular weight is 393 g/mol. The molecule has 2 aliphatic rings. The van der Waals surface area contributed by atoms with Gasteiger partial charge < -0.3 is 9.74 Å². The zero-order valence-corrected chi connectivity index (χ0v) is 15.1. The second-order valence-electron chi connectivity index (χ2n) is 6.84. The van der Waals surface area contributed by atoms with E-state index in [1.54, 1.807) is 18.2 Å². The number of anilines is 1. The highest BCUT2D eigenvalue weighted by atomic mass is 16.7. The minimum absolute atomic E-state index is 0.240. The minimum atomic E-state index is -0.615. The van der Waals surface area contributed by atoms with Crippen LogP contribution in [0.4, 0.5) is 5.82 Å². The number of piperidine rings is 1. The van der Waals surface area contributed by atoms with Crippen LogP contribution in [0.25, 0.3) is 5.65 Å². The summed E-state index contributed by atoms with van der Waals surface area (Å²) in [5.41, 5.74) is 1.03. The Morgan fingerprint density at radius 3 is 2.38 bits per heavy atom. The fourth-order valence-electron chi connectivity index (χ4n) is 3.57. The number of aromatic nitrogens is 5. The molecule has 0 spiro atoms. The molecule has 29 heavy (non-hydrogen) atoms. The number of carbonyl (C=O) groups is 3. The lowest BCUT2D eigenvalue weighted by Crippen LogP contribution is -2.40.